The molecule has 4 rings (SSSR count). The summed E-state index contributed by atoms with van der Waals surface area (Å²) in [7, 11) is 1.64. The molecule has 6 nitrogen and oxygen atoms in total. The number of rotatable bonds is 4. The number of anilines is 1. The Kier molecular flexibility index (Phi) is 5.05. The quantitative estimate of drug-likeness (QED) is 0.655. The van der Waals surface area contributed by atoms with Crippen LogP contribution in [-0.2, 0) is 4.79 Å². The Labute approximate surface area is 168 Å². The summed E-state index contributed by atoms with van der Waals surface area (Å²) in [5, 5.41) is 5.11. The molecule has 0 N–H and O–H groups in total. The Morgan fingerprint density at radius 2 is 1.75 bits per heavy atom. The number of nitrogens with zero attached hydrogens (tertiary/aromatic N) is 4. The Morgan fingerprint density at radius 3 is 2.39 bits per heavy atom. The number of hydrogen-bond donors (Lipinski definition) is 0. The van der Waals surface area contributed by atoms with Gasteiger partial charge in [-0.3, -0.25) is 9.69 Å². The van der Waals surface area contributed by atoms with Crippen LogP contribution in [-0.4, -0.2) is 27.8 Å². The van der Waals surface area contributed by atoms with Crippen LogP contribution in [0.4, 0.5) is 5.95 Å². The number of hydrogen-bond acceptors (Lipinski definition) is 4. The van der Waals surface area contributed by atoms with E-state index in [-0.39, 0.29) is 18.0 Å². The van der Waals surface area contributed by atoms with Crippen LogP contribution in [0.5, 0.6) is 5.75 Å². The van der Waals surface area contributed by atoms with Gasteiger partial charge in [0.25, 0.3) is 0 Å². The molecule has 7 heteroatoms. The first-order chi connectivity index (χ1) is 13.6. The van der Waals surface area contributed by atoms with Crippen LogP contribution in [0, 0.1) is 0 Å². The molecule has 2 unspecified atom stereocenters. The van der Waals surface area contributed by atoms with Crippen molar-refractivity contribution in [1.82, 2.24) is 14.8 Å². The largest absolute Gasteiger partial charge is 0.497 e. The van der Waals surface area contributed by atoms with E-state index in [4.69, 9.17) is 16.3 Å². The smallest absolute Gasteiger partial charge is 0.231 e. The predicted octanol–water partition coefficient (Wildman–Crippen LogP) is 4.42. The highest BCUT2D eigenvalue weighted by atomic mass is 35.5. The van der Waals surface area contributed by atoms with Crippen molar-refractivity contribution in [3.05, 3.63) is 71.0 Å². The summed E-state index contributed by atoms with van der Waals surface area (Å²) < 4.78 is 7.11. The highest BCUT2D eigenvalue weighted by Gasteiger charge is 2.38. The van der Waals surface area contributed by atoms with Crippen molar-refractivity contribution < 1.29 is 9.53 Å². The third-order valence-electron chi connectivity index (χ3n) is 5.15. The molecular weight excluding hydrogens is 376 g/mol. The summed E-state index contributed by atoms with van der Waals surface area (Å²) >= 11 is 6.07. The van der Waals surface area contributed by atoms with Crippen LogP contribution >= 0.6 is 11.6 Å². The van der Waals surface area contributed by atoms with Gasteiger partial charge in [-0.25, -0.2) is 4.68 Å². The normalized spacial score (nSPS) is 18.6. The van der Waals surface area contributed by atoms with E-state index >= 15 is 0 Å². The summed E-state index contributed by atoms with van der Waals surface area (Å²) in [6.45, 7) is 1.86. The molecule has 0 spiro atoms. The van der Waals surface area contributed by atoms with Crippen LogP contribution < -0.4 is 9.64 Å². The molecule has 0 aliphatic carbocycles. The molecule has 2 aromatic carbocycles. The van der Waals surface area contributed by atoms with Gasteiger partial charge in [0, 0.05) is 11.4 Å². The molecule has 1 aliphatic rings. The number of fused-ring (bicyclic) bond motifs is 1. The highest BCUT2D eigenvalue weighted by Crippen LogP contribution is 2.42. The van der Waals surface area contributed by atoms with E-state index < -0.39 is 0 Å². The molecule has 0 saturated heterocycles. The third kappa shape index (κ3) is 3.24. The average Bonchev–Trinajstić information content (AvgIpc) is 3.22. The minimum Gasteiger partial charge on any atom is -0.497 e. The second-order valence-corrected chi connectivity index (χ2v) is 7.15. The first-order valence-corrected chi connectivity index (χ1v) is 9.61. The zero-order chi connectivity index (χ0) is 19.7. The van der Waals surface area contributed by atoms with Crippen LogP contribution in [0.15, 0.2) is 54.9 Å². The fourth-order valence-corrected chi connectivity index (χ4v) is 3.85. The fraction of sp³-hybridized carbons (Fsp3) is 0.286. The van der Waals surface area contributed by atoms with Gasteiger partial charge >= 0.3 is 0 Å². The van der Waals surface area contributed by atoms with Crippen molar-refractivity contribution in [2.24, 2.45) is 0 Å². The molecule has 28 heavy (non-hydrogen) atoms. The van der Waals surface area contributed by atoms with Gasteiger partial charge < -0.3 is 4.74 Å². The van der Waals surface area contributed by atoms with E-state index in [1.54, 1.807) is 12.0 Å². The van der Waals surface area contributed by atoms with E-state index in [0.29, 0.717) is 23.8 Å². The minimum atomic E-state index is -0.143. The maximum atomic E-state index is 12.8. The molecule has 0 bridgehead atoms. The number of methoxy groups -OCH3 is 1. The van der Waals surface area contributed by atoms with E-state index in [1.165, 1.54) is 6.33 Å². The molecule has 0 saturated carbocycles. The second kappa shape index (κ2) is 7.64. The topological polar surface area (TPSA) is 60.2 Å². The maximum absolute atomic E-state index is 12.8. The molecule has 3 aromatic rings. The van der Waals surface area contributed by atoms with Crippen molar-refractivity contribution in [3.63, 3.8) is 0 Å². The minimum absolute atomic E-state index is 0.0182. The van der Waals surface area contributed by atoms with Gasteiger partial charge in [-0.2, -0.15) is 10.1 Å². The van der Waals surface area contributed by atoms with E-state index in [1.807, 2.05) is 60.1 Å². The van der Waals surface area contributed by atoms with E-state index in [9.17, 15) is 4.79 Å². The standard InChI is InChI=1S/C21H21ClN4O2/c1-3-20(27)25-18(14-6-10-17(28-2)11-7-14)12-19(26-21(25)23-13-24-26)15-4-8-16(22)9-5-15/h4-11,13,18-19H,3,12H2,1-2H3. The summed E-state index contributed by atoms with van der Waals surface area (Å²) in [6, 6.07) is 15.4. The van der Waals surface area contributed by atoms with Gasteiger partial charge in [-0.15, -0.1) is 0 Å². The number of aromatic nitrogens is 3. The van der Waals surface area contributed by atoms with Crippen LogP contribution in [0.3, 0.4) is 0 Å². The summed E-state index contributed by atoms with van der Waals surface area (Å²) in [5.74, 6) is 1.37. The lowest BCUT2D eigenvalue weighted by Gasteiger charge is -2.39. The molecule has 0 radical (unpaired) electrons. The van der Waals surface area contributed by atoms with Crippen LogP contribution in [0.25, 0.3) is 0 Å². The molecule has 2 heterocycles. The second-order valence-electron chi connectivity index (χ2n) is 6.71. The number of carbonyl (C=O) groups is 1. The summed E-state index contributed by atoms with van der Waals surface area (Å²) in [4.78, 5) is 19.0. The lowest BCUT2D eigenvalue weighted by atomic mass is 9.91. The van der Waals surface area contributed by atoms with Gasteiger partial charge in [-0.1, -0.05) is 42.8 Å². The molecule has 1 aromatic heterocycles. The monoisotopic (exact) mass is 396 g/mol. The van der Waals surface area contributed by atoms with Crippen LogP contribution in [0.1, 0.15) is 43.0 Å². The zero-order valence-corrected chi connectivity index (χ0v) is 16.5. The third-order valence-corrected chi connectivity index (χ3v) is 5.40. The van der Waals surface area contributed by atoms with Gasteiger partial charge in [0.1, 0.15) is 12.1 Å². The lowest BCUT2D eigenvalue weighted by Crippen LogP contribution is -2.42. The summed E-state index contributed by atoms with van der Waals surface area (Å²) in [6.07, 6.45) is 2.59. The lowest BCUT2D eigenvalue weighted by molar-refractivity contribution is -0.119. The molecule has 1 aliphatic heterocycles. The Hall–Kier alpha value is -2.86. The van der Waals surface area contributed by atoms with Gasteiger partial charge in [0.2, 0.25) is 11.9 Å². The number of benzene rings is 2. The first-order valence-electron chi connectivity index (χ1n) is 9.23. The van der Waals surface area contributed by atoms with E-state index in [2.05, 4.69) is 10.1 Å². The number of carbonyl (C=O) groups excluding carboxylic acids is 1. The van der Waals surface area contributed by atoms with Crippen molar-refractivity contribution in [2.75, 3.05) is 12.0 Å². The molecule has 144 valence electrons. The Balaban J connectivity index is 1.81. The molecule has 0 fully saturated rings. The first kappa shape index (κ1) is 18.5. The molecule has 2 atom stereocenters. The number of halogens is 1. The van der Waals surface area contributed by atoms with Crippen molar-refractivity contribution >= 4 is 23.5 Å². The van der Waals surface area contributed by atoms with Gasteiger partial charge in [0.05, 0.1) is 19.2 Å². The van der Waals surface area contributed by atoms with Crippen molar-refractivity contribution in [2.45, 2.75) is 31.8 Å². The van der Waals surface area contributed by atoms with Gasteiger partial charge in [-0.05, 0) is 41.8 Å². The molecular formula is C21H21ClN4O2. The zero-order valence-electron chi connectivity index (χ0n) is 15.7. The van der Waals surface area contributed by atoms with E-state index in [0.717, 1.165) is 16.9 Å². The predicted molar refractivity (Wildman–Crippen MR) is 108 cm³/mol. The fourth-order valence-electron chi connectivity index (χ4n) is 3.72. The Morgan fingerprint density at radius 1 is 1.11 bits per heavy atom. The Bertz CT molecular complexity index is 969. The molecule has 1 amide bonds. The maximum Gasteiger partial charge on any atom is 0.231 e. The number of ether oxygens (including phenoxy) is 1. The number of amides is 1. The van der Waals surface area contributed by atoms with Crippen molar-refractivity contribution in [1.29, 1.82) is 0 Å². The SMILES string of the molecule is CCC(=O)N1c2ncnn2C(c2ccc(Cl)cc2)CC1c1ccc(OC)cc1. The van der Waals surface area contributed by atoms with Gasteiger partial charge in [0.15, 0.2) is 0 Å². The van der Waals surface area contributed by atoms with Crippen molar-refractivity contribution in [3.8, 4) is 5.75 Å². The highest BCUT2D eigenvalue weighted by molar-refractivity contribution is 6.30. The average molecular weight is 397 g/mol. The summed E-state index contributed by atoms with van der Waals surface area (Å²) in [5.41, 5.74) is 2.12. The van der Waals surface area contributed by atoms with Crippen LogP contribution in [0.2, 0.25) is 5.02 Å².